The van der Waals surface area contributed by atoms with Gasteiger partial charge in [-0.3, -0.25) is 10.1 Å². The highest BCUT2D eigenvalue weighted by Crippen LogP contribution is 2.12. The fourth-order valence-corrected chi connectivity index (χ4v) is 1.16. The Labute approximate surface area is 110 Å². The second kappa shape index (κ2) is 5.87. The molecule has 0 aliphatic carbocycles. The first-order chi connectivity index (χ1) is 8.84. The van der Waals surface area contributed by atoms with Gasteiger partial charge in [0.05, 0.1) is 12.0 Å². The minimum Gasteiger partial charge on any atom is -0.438 e. The summed E-state index contributed by atoms with van der Waals surface area (Å²) in [6.07, 6.45) is -0.817. The third kappa shape index (κ3) is 4.68. The van der Waals surface area contributed by atoms with Crippen LogP contribution in [-0.4, -0.2) is 23.8 Å². The highest BCUT2D eigenvalue weighted by atomic mass is 16.7. The van der Waals surface area contributed by atoms with Gasteiger partial charge in [-0.25, -0.2) is 4.79 Å². The Morgan fingerprint density at radius 3 is 2.37 bits per heavy atom. The van der Waals surface area contributed by atoms with Gasteiger partial charge in [0.25, 0.3) is 5.69 Å². The molecular weight excluding hydrogens is 250 g/mol. The zero-order valence-corrected chi connectivity index (χ0v) is 10.8. The van der Waals surface area contributed by atoms with E-state index in [4.69, 9.17) is 4.74 Å². The van der Waals surface area contributed by atoms with E-state index in [-0.39, 0.29) is 5.69 Å². The van der Waals surface area contributed by atoms with Crippen molar-refractivity contribution in [3.63, 3.8) is 0 Å². The van der Waals surface area contributed by atoms with E-state index >= 15 is 0 Å². The van der Waals surface area contributed by atoms with E-state index in [1.54, 1.807) is 13.8 Å². The molecule has 19 heavy (non-hydrogen) atoms. The van der Waals surface area contributed by atoms with Gasteiger partial charge in [-0.2, -0.15) is 0 Å². The number of rotatable bonds is 2. The predicted molar refractivity (Wildman–Crippen MR) is 67.5 cm³/mol. The lowest BCUT2D eigenvalue weighted by Gasteiger charge is -2.17. The van der Waals surface area contributed by atoms with E-state index in [0.29, 0.717) is 5.56 Å². The lowest BCUT2D eigenvalue weighted by molar-refractivity contribution is -0.384. The number of carbonyl (C=O) groups is 1. The molecule has 0 radical (unpaired) electrons. The SMILES string of the molecule is COC(=O)OC(C)(C)C#Cc1ccc([N+](=O)[O-])cc1. The van der Waals surface area contributed by atoms with Crippen LogP contribution in [0.15, 0.2) is 24.3 Å². The summed E-state index contributed by atoms with van der Waals surface area (Å²) < 4.78 is 9.30. The van der Waals surface area contributed by atoms with Crippen LogP contribution in [-0.2, 0) is 9.47 Å². The molecular formula is C13H13NO5. The number of hydrogen-bond acceptors (Lipinski definition) is 5. The molecule has 6 heteroatoms. The Bertz CT molecular complexity index is 536. The molecule has 0 saturated carbocycles. The Kier molecular flexibility index (Phi) is 4.48. The molecule has 0 amide bonds. The van der Waals surface area contributed by atoms with E-state index in [0.717, 1.165) is 0 Å². The second-order valence-corrected chi connectivity index (χ2v) is 4.12. The lowest BCUT2D eigenvalue weighted by atomic mass is 10.1. The van der Waals surface area contributed by atoms with Crippen LogP contribution >= 0.6 is 0 Å². The molecule has 0 aliphatic rings. The van der Waals surface area contributed by atoms with Crippen LogP contribution in [0.1, 0.15) is 19.4 Å². The summed E-state index contributed by atoms with van der Waals surface area (Å²) in [5.41, 5.74) is -0.419. The molecule has 1 aromatic rings. The summed E-state index contributed by atoms with van der Waals surface area (Å²) in [5.74, 6) is 5.52. The van der Waals surface area contributed by atoms with Gasteiger partial charge >= 0.3 is 6.16 Å². The molecule has 0 aromatic heterocycles. The van der Waals surface area contributed by atoms with Crippen LogP contribution in [0.2, 0.25) is 0 Å². The van der Waals surface area contributed by atoms with Crippen molar-refractivity contribution in [2.45, 2.75) is 19.4 Å². The third-order valence-corrected chi connectivity index (χ3v) is 2.09. The lowest BCUT2D eigenvalue weighted by Crippen LogP contribution is -2.26. The average molecular weight is 263 g/mol. The Morgan fingerprint density at radius 2 is 1.89 bits per heavy atom. The van der Waals surface area contributed by atoms with Crippen LogP contribution in [0.5, 0.6) is 0 Å². The Balaban J connectivity index is 2.82. The Morgan fingerprint density at radius 1 is 1.32 bits per heavy atom. The van der Waals surface area contributed by atoms with Crippen LogP contribution in [0.25, 0.3) is 0 Å². The number of methoxy groups -OCH3 is 1. The number of nitro benzene ring substituents is 1. The van der Waals surface area contributed by atoms with Crippen LogP contribution in [0, 0.1) is 22.0 Å². The van der Waals surface area contributed by atoms with E-state index in [1.807, 2.05) is 0 Å². The molecule has 6 nitrogen and oxygen atoms in total. The molecule has 0 bridgehead atoms. The number of hydrogen-bond donors (Lipinski definition) is 0. The van der Waals surface area contributed by atoms with Gasteiger partial charge in [0.15, 0.2) is 5.60 Å². The maximum absolute atomic E-state index is 11.0. The van der Waals surface area contributed by atoms with Crippen molar-refractivity contribution in [1.29, 1.82) is 0 Å². The summed E-state index contributed by atoms with van der Waals surface area (Å²) in [4.78, 5) is 21.0. The van der Waals surface area contributed by atoms with Gasteiger partial charge in [-0.1, -0.05) is 11.8 Å². The summed E-state index contributed by atoms with van der Waals surface area (Å²) in [6.45, 7) is 3.23. The smallest absolute Gasteiger partial charge is 0.438 e. The van der Waals surface area contributed by atoms with Crippen molar-refractivity contribution in [2.24, 2.45) is 0 Å². The molecule has 1 aromatic carbocycles. The van der Waals surface area contributed by atoms with Gasteiger partial charge < -0.3 is 9.47 Å². The summed E-state index contributed by atoms with van der Waals surface area (Å²) in [5, 5.41) is 10.5. The first-order valence-corrected chi connectivity index (χ1v) is 5.38. The Hall–Kier alpha value is -2.55. The largest absolute Gasteiger partial charge is 0.509 e. The normalized spacial score (nSPS) is 10.1. The third-order valence-electron chi connectivity index (χ3n) is 2.09. The highest BCUT2D eigenvalue weighted by Gasteiger charge is 2.20. The van der Waals surface area contributed by atoms with Gasteiger partial charge in [-0.15, -0.1) is 0 Å². The summed E-state index contributed by atoms with van der Waals surface area (Å²) >= 11 is 0. The molecule has 0 N–H and O–H groups in total. The fraction of sp³-hybridized carbons (Fsp3) is 0.308. The van der Waals surface area contributed by atoms with Crippen LogP contribution in [0.3, 0.4) is 0 Å². The maximum atomic E-state index is 11.0. The first kappa shape index (κ1) is 14.5. The summed E-state index contributed by atoms with van der Waals surface area (Å²) in [7, 11) is 1.21. The minimum atomic E-state index is -1.01. The minimum absolute atomic E-state index is 0.00405. The zero-order valence-electron chi connectivity index (χ0n) is 10.8. The van der Waals surface area contributed by atoms with Gasteiger partial charge in [0, 0.05) is 17.7 Å². The topological polar surface area (TPSA) is 78.7 Å². The molecule has 0 atom stereocenters. The number of carbonyl (C=O) groups excluding carboxylic acids is 1. The monoisotopic (exact) mass is 263 g/mol. The molecule has 0 aliphatic heterocycles. The predicted octanol–water partition coefficient (Wildman–Crippen LogP) is 2.51. The standard InChI is InChI=1S/C13H13NO5/c1-13(2,19-12(15)18-3)9-8-10-4-6-11(7-5-10)14(16)17/h4-7H,1-3H3. The van der Waals surface area contributed by atoms with Gasteiger partial charge in [0.1, 0.15) is 0 Å². The van der Waals surface area contributed by atoms with Crippen LogP contribution < -0.4 is 0 Å². The summed E-state index contributed by atoms with van der Waals surface area (Å²) in [6, 6.07) is 5.77. The van der Waals surface area contributed by atoms with E-state index in [2.05, 4.69) is 16.6 Å². The van der Waals surface area contributed by atoms with Crippen molar-refractivity contribution < 1.29 is 19.2 Å². The molecule has 0 spiro atoms. The number of non-ortho nitro benzene ring substituents is 1. The van der Waals surface area contributed by atoms with Crippen molar-refractivity contribution in [2.75, 3.05) is 7.11 Å². The van der Waals surface area contributed by atoms with Gasteiger partial charge in [-0.05, 0) is 26.0 Å². The zero-order chi connectivity index (χ0) is 14.5. The molecule has 100 valence electrons. The van der Waals surface area contributed by atoms with Crippen LogP contribution in [0.4, 0.5) is 10.5 Å². The number of nitro groups is 1. The van der Waals surface area contributed by atoms with E-state index in [9.17, 15) is 14.9 Å². The molecule has 1 rings (SSSR count). The fourth-order valence-electron chi connectivity index (χ4n) is 1.16. The maximum Gasteiger partial charge on any atom is 0.509 e. The van der Waals surface area contributed by atoms with Crippen molar-refractivity contribution in [3.05, 3.63) is 39.9 Å². The van der Waals surface area contributed by atoms with E-state index < -0.39 is 16.7 Å². The van der Waals surface area contributed by atoms with Crippen molar-refractivity contribution >= 4 is 11.8 Å². The van der Waals surface area contributed by atoms with Gasteiger partial charge in [0.2, 0.25) is 0 Å². The van der Waals surface area contributed by atoms with Crippen molar-refractivity contribution in [1.82, 2.24) is 0 Å². The number of ether oxygens (including phenoxy) is 2. The number of nitrogens with zero attached hydrogens (tertiary/aromatic N) is 1. The first-order valence-electron chi connectivity index (χ1n) is 5.38. The molecule has 0 fully saturated rings. The molecule has 0 heterocycles. The quantitative estimate of drug-likeness (QED) is 0.354. The molecule has 0 saturated heterocycles. The number of benzene rings is 1. The molecule has 0 unspecified atom stereocenters. The average Bonchev–Trinajstić information content (AvgIpc) is 2.36. The van der Waals surface area contributed by atoms with E-state index in [1.165, 1.54) is 31.4 Å². The van der Waals surface area contributed by atoms with Crippen molar-refractivity contribution in [3.8, 4) is 11.8 Å². The highest BCUT2D eigenvalue weighted by molar-refractivity contribution is 5.61. The second-order valence-electron chi connectivity index (χ2n) is 4.12.